The number of hydrogen-bond donors (Lipinski definition) is 1. The van der Waals surface area contributed by atoms with Gasteiger partial charge in [-0.1, -0.05) is 12.1 Å². The van der Waals surface area contributed by atoms with Crippen LogP contribution in [-0.4, -0.2) is 28.5 Å². The number of nitrogens with one attached hydrogen (secondary N) is 1. The number of benzene rings is 1. The Bertz CT molecular complexity index is 905. The number of amides is 1. The molecule has 6 nitrogen and oxygen atoms in total. The van der Waals surface area contributed by atoms with Crippen molar-refractivity contribution in [3.63, 3.8) is 0 Å². The van der Waals surface area contributed by atoms with Crippen LogP contribution in [-0.2, 0) is 6.42 Å². The van der Waals surface area contributed by atoms with Crippen LogP contribution in [0.15, 0.2) is 53.4 Å². The minimum absolute atomic E-state index is 0.126. The van der Waals surface area contributed by atoms with Gasteiger partial charge in [0.05, 0.1) is 18.4 Å². The van der Waals surface area contributed by atoms with Crippen molar-refractivity contribution in [2.75, 3.05) is 6.54 Å². The van der Waals surface area contributed by atoms with Crippen molar-refractivity contribution in [2.45, 2.75) is 19.4 Å². The Morgan fingerprint density at radius 3 is 2.84 bits per heavy atom. The normalized spacial score (nSPS) is 15.5. The van der Waals surface area contributed by atoms with Gasteiger partial charge in [-0.3, -0.25) is 4.79 Å². The molecule has 1 aromatic carbocycles. The van der Waals surface area contributed by atoms with Gasteiger partial charge in [0, 0.05) is 24.4 Å². The molecule has 0 aliphatic carbocycles. The van der Waals surface area contributed by atoms with E-state index < -0.39 is 0 Å². The highest BCUT2D eigenvalue weighted by Gasteiger charge is 2.27. The molecule has 1 aliphatic heterocycles. The highest BCUT2D eigenvalue weighted by Crippen LogP contribution is 2.37. The molecule has 0 spiro atoms. The Morgan fingerprint density at radius 1 is 1.24 bits per heavy atom. The van der Waals surface area contributed by atoms with E-state index in [2.05, 4.69) is 15.3 Å². The number of ether oxygens (including phenoxy) is 1. The maximum Gasteiger partial charge on any atom is 0.287 e. The molecular formula is C19H17N3O3. The highest BCUT2D eigenvalue weighted by molar-refractivity contribution is 5.92. The van der Waals surface area contributed by atoms with Crippen LogP contribution >= 0.6 is 0 Å². The van der Waals surface area contributed by atoms with E-state index in [4.69, 9.17) is 9.15 Å². The van der Waals surface area contributed by atoms with Crippen molar-refractivity contribution in [2.24, 2.45) is 0 Å². The maximum absolute atomic E-state index is 12.2. The smallest absolute Gasteiger partial charge is 0.287 e. The number of aromatic nitrogens is 2. The minimum Gasteiger partial charge on any atom is -0.487 e. The van der Waals surface area contributed by atoms with E-state index in [-0.39, 0.29) is 12.0 Å². The lowest BCUT2D eigenvalue weighted by Crippen LogP contribution is -2.34. The molecular weight excluding hydrogens is 318 g/mol. The molecule has 0 unspecified atom stereocenters. The number of carbonyl (C=O) groups excluding carboxylic acids is 1. The topological polar surface area (TPSA) is 77.3 Å². The Balaban J connectivity index is 1.47. The molecule has 1 aliphatic rings. The van der Waals surface area contributed by atoms with Crippen molar-refractivity contribution in [3.8, 4) is 17.1 Å². The molecule has 1 N–H and O–H groups in total. The third-order valence-electron chi connectivity index (χ3n) is 4.19. The summed E-state index contributed by atoms with van der Waals surface area (Å²) in [7, 11) is 0. The standard InChI is InChI=1S/C19H17N3O3/c1-12-6-9-24-16(12)19(23)22-11-14-10-13-4-2-5-15(17(13)25-14)18-20-7-3-8-21-18/h2-9,14H,10-11H2,1H3,(H,22,23)/t14-/m1/s1. The first kappa shape index (κ1) is 15.4. The van der Waals surface area contributed by atoms with Crippen LogP contribution in [0, 0.1) is 6.92 Å². The van der Waals surface area contributed by atoms with Crippen molar-refractivity contribution in [1.82, 2.24) is 15.3 Å². The van der Waals surface area contributed by atoms with Gasteiger partial charge < -0.3 is 14.5 Å². The quantitative estimate of drug-likeness (QED) is 0.793. The van der Waals surface area contributed by atoms with Crippen molar-refractivity contribution >= 4 is 5.91 Å². The number of aryl methyl sites for hydroxylation is 1. The number of furan rings is 1. The van der Waals surface area contributed by atoms with E-state index in [1.54, 1.807) is 24.5 Å². The van der Waals surface area contributed by atoms with Crippen LogP contribution in [0.3, 0.4) is 0 Å². The monoisotopic (exact) mass is 335 g/mol. The lowest BCUT2D eigenvalue weighted by molar-refractivity contribution is 0.0905. The van der Waals surface area contributed by atoms with Gasteiger partial charge in [0.1, 0.15) is 11.9 Å². The molecule has 0 bridgehead atoms. The van der Waals surface area contributed by atoms with E-state index in [0.29, 0.717) is 18.1 Å². The second kappa shape index (κ2) is 6.39. The van der Waals surface area contributed by atoms with Crippen molar-refractivity contribution in [3.05, 3.63) is 65.9 Å². The fourth-order valence-electron chi connectivity index (χ4n) is 2.96. The molecule has 3 heterocycles. The van der Waals surface area contributed by atoms with Gasteiger partial charge >= 0.3 is 0 Å². The number of carbonyl (C=O) groups is 1. The Morgan fingerprint density at radius 2 is 2.08 bits per heavy atom. The summed E-state index contributed by atoms with van der Waals surface area (Å²) in [6, 6.07) is 9.49. The third kappa shape index (κ3) is 2.98. The van der Waals surface area contributed by atoms with E-state index >= 15 is 0 Å². The van der Waals surface area contributed by atoms with Crippen molar-refractivity contribution < 1.29 is 13.9 Å². The van der Waals surface area contributed by atoms with Crippen LogP contribution in [0.5, 0.6) is 5.75 Å². The average molecular weight is 335 g/mol. The summed E-state index contributed by atoms with van der Waals surface area (Å²) in [5.74, 6) is 1.54. The van der Waals surface area contributed by atoms with Crippen LogP contribution in [0.2, 0.25) is 0 Å². The lowest BCUT2D eigenvalue weighted by Gasteiger charge is -2.12. The van der Waals surface area contributed by atoms with Gasteiger partial charge in [0.15, 0.2) is 11.6 Å². The zero-order valence-electron chi connectivity index (χ0n) is 13.7. The summed E-state index contributed by atoms with van der Waals surface area (Å²) in [5.41, 5.74) is 2.78. The molecule has 3 aromatic rings. The molecule has 0 radical (unpaired) electrons. The van der Waals surface area contributed by atoms with Gasteiger partial charge in [0.2, 0.25) is 0 Å². The molecule has 2 aromatic heterocycles. The number of rotatable bonds is 4. The minimum atomic E-state index is -0.228. The number of nitrogens with zero attached hydrogens (tertiary/aromatic N) is 2. The Labute approximate surface area is 144 Å². The van der Waals surface area contributed by atoms with Crippen LogP contribution in [0.4, 0.5) is 0 Å². The lowest BCUT2D eigenvalue weighted by atomic mass is 10.1. The summed E-state index contributed by atoms with van der Waals surface area (Å²) in [5, 5.41) is 2.87. The van der Waals surface area contributed by atoms with Crippen molar-refractivity contribution in [1.29, 1.82) is 0 Å². The fourth-order valence-corrected chi connectivity index (χ4v) is 2.96. The summed E-state index contributed by atoms with van der Waals surface area (Å²) >= 11 is 0. The van der Waals surface area contributed by atoms with Crippen LogP contribution in [0.25, 0.3) is 11.4 Å². The predicted octanol–water partition coefficient (Wildman–Crippen LogP) is 2.78. The fraction of sp³-hybridized carbons (Fsp3) is 0.211. The second-order valence-corrected chi connectivity index (χ2v) is 5.95. The van der Waals surface area contributed by atoms with Gasteiger partial charge in [-0.2, -0.15) is 0 Å². The Hall–Kier alpha value is -3.15. The number of hydrogen-bond acceptors (Lipinski definition) is 5. The first-order chi connectivity index (χ1) is 12.2. The van der Waals surface area contributed by atoms with Gasteiger partial charge in [-0.05, 0) is 30.7 Å². The molecule has 1 atom stereocenters. The zero-order valence-corrected chi connectivity index (χ0v) is 13.7. The first-order valence-electron chi connectivity index (χ1n) is 8.10. The molecule has 25 heavy (non-hydrogen) atoms. The SMILES string of the molecule is Cc1ccoc1C(=O)NC[C@H]1Cc2cccc(-c3ncccn3)c2O1. The highest BCUT2D eigenvalue weighted by atomic mass is 16.5. The maximum atomic E-state index is 12.2. The van der Waals surface area contributed by atoms with Crippen LogP contribution < -0.4 is 10.1 Å². The van der Waals surface area contributed by atoms with E-state index in [9.17, 15) is 4.79 Å². The van der Waals surface area contributed by atoms with Crippen LogP contribution in [0.1, 0.15) is 21.7 Å². The average Bonchev–Trinajstić information content (AvgIpc) is 3.25. The zero-order chi connectivity index (χ0) is 17.2. The Kier molecular flexibility index (Phi) is 3.93. The van der Waals surface area contributed by atoms with E-state index in [1.807, 2.05) is 25.1 Å². The summed E-state index contributed by atoms with van der Waals surface area (Å²) < 4.78 is 11.3. The third-order valence-corrected chi connectivity index (χ3v) is 4.19. The summed E-state index contributed by atoms with van der Waals surface area (Å²) in [6.45, 7) is 2.25. The molecule has 1 amide bonds. The summed E-state index contributed by atoms with van der Waals surface area (Å²) in [6.07, 6.45) is 5.53. The van der Waals surface area contributed by atoms with Gasteiger partial charge in [0.25, 0.3) is 5.91 Å². The van der Waals surface area contributed by atoms with Gasteiger partial charge in [-0.25, -0.2) is 9.97 Å². The number of para-hydroxylation sites is 1. The summed E-state index contributed by atoms with van der Waals surface area (Å²) in [4.78, 5) is 20.8. The molecule has 0 saturated carbocycles. The molecule has 126 valence electrons. The molecule has 4 rings (SSSR count). The van der Waals surface area contributed by atoms with E-state index in [1.165, 1.54) is 6.26 Å². The molecule has 0 saturated heterocycles. The first-order valence-corrected chi connectivity index (χ1v) is 8.10. The van der Waals surface area contributed by atoms with E-state index in [0.717, 1.165) is 28.9 Å². The molecule has 6 heteroatoms. The van der Waals surface area contributed by atoms with Gasteiger partial charge in [-0.15, -0.1) is 0 Å². The second-order valence-electron chi connectivity index (χ2n) is 5.95. The molecule has 0 fully saturated rings. The largest absolute Gasteiger partial charge is 0.487 e. The predicted molar refractivity (Wildman–Crippen MR) is 91.4 cm³/mol. The number of fused-ring (bicyclic) bond motifs is 1.